The van der Waals surface area contributed by atoms with Crippen LogP contribution in [-0.4, -0.2) is 37.1 Å². The molecule has 0 unspecified atom stereocenters. The van der Waals surface area contributed by atoms with Gasteiger partial charge in [0.1, 0.15) is 17.3 Å². The molecule has 3 heterocycles. The van der Waals surface area contributed by atoms with E-state index in [0.29, 0.717) is 29.1 Å². The van der Waals surface area contributed by atoms with Crippen molar-refractivity contribution < 1.29 is 4.74 Å². The summed E-state index contributed by atoms with van der Waals surface area (Å²) in [4.78, 5) is 8.39. The fourth-order valence-corrected chi connectivity index (χ4v) is 2.71. The van der Waals surface area contributed by atoms with Crippen LogP contribution >= 0.6 is 0 Å². The summed E-state index contributed by atoms with van der Waals surface area (Å²) < 4.78 is 6.95. The molecule has 9 nitrogen and oxygen atoms in total. The number of ether oxygens (including phenoxy) is 1. The lowest BCUT2D eigenvalue weighted by Crippen LogP contribution is -2.05. The fraction of sp³-hybridized carbons (Fsp3) is 0.125. The Hall–Kier alpha value is -3.62. The van der Waals surface area contributed by atoms with Gasteiger partial charge in [0, 0.05) is 11.8 Å². The van der Waals surface area contributed by atoms with Gasteiger partial charge in [-0.3, -0.25) is 5.10 Å². The highest BCUT2D eigenvalue weighted by atomic mass is 16.5. The summed E-state index contributed by atoms with van der Waals surface area (Å²) in [5.41, 5.74) is 14.9. The number of H-pyrrole nitrogens is 1. The summed E-state index contributed by atoms with van der Waals surface area (Å²) in [6.45, 7) is 0.508. The summed E-state index contributed by atoms with van der Waals surface area (Å²) in [7, 11) is 1.63. The maximum absolute atomic E-state index is 6.08. The van der Waals surface area contributed by atoms with Gasteiger partial charge in [-0.25, -0.2) is 4.68 Å². The van der Waals surface area contributed by atoms with E-state index in [9.17, 15) is 0 Å². The van der Waals surface area contributed by atoms with Crippen LogP contribution in [0.25, 0.3) is 22.3 Å². The topological polar surface area (TPSA) is 134 Å². The maximum atomic E-state index is 6.08. The minimum Gasteiger partial charge on any atom is -0.497 e. The monoisotopic (exact) mass is 336 g/mol. The molecule has 25 heavy (non-hydrogen) atoms. The summed E-state index contributed by atoms with van der Waals surface area (Å²) in [6.07, 6.45) is 3.42. The molecule has 5 N–H and O–H groups in total. The van der Waals surface area contributed by atoms with Gasteiger partial charge in [0.25, 0.3) is 0 Å². The summed E-state index contributed by atoms with van der Waals surface area (Å²) >= 11 is 0. The molecule has 0 atom stereocenters. The number of fused-ring (bicyclic) bond motifs is 1. The van der Waals surface area contributed by atoms with Crippen molar-refractivity contribution in [2.75, 3.05) is 18.6 Å². The molecule has 4 aromatic rings. The lowest BCUT2D eigenvalue weighted by molar-refractivity contribution is 0.414. The van der Waals surface area contributed by atoms with Gasteiger partial charge < -0.3 is 16.2 Å². The molecule has 0 amide bonds. The van der Waals surface area contributed by atoms with Gasteiger partial charge in [-0.15, -0.1) is 0 Å². The van der Waals surface area contributed by atoms with Crippen LogP contribution in [0.4, 0.5) is 11.8 Å². The lowest BCUT2D eigenvalue weighted by Gasteiger charge is -2.05. The minimum atomic E-state index is 0.111. The van der Waals surface area contributed by atoms with Crippen LogP contribution in [-0.2, 0) is 6.54 Å². The zero-order valence-electron chi connectivity index (χ0n) is 13.5. The predicted molar refractivity (Wildman–Crippen MR) is 93.8 cm³/mol. The van der Waals surface area contributed by atoms with Crippen molar-refractivity contribution in [1.82, 2.24) is 29.9 Å². The van der Waals surface area contributed by atoms with Crippen LogP contribution in [0.15, 0.2) is 36.7 Å². The van der Waals surface area contributed by atoms with Gasteiger partial charge in [0.15, 0.2) is 5.65 Å². The van der Waals surface area contributed by atoms with E-state index >= 15 is 0 Å². The van der Waals surface area contributed by atoms with E-state index in [0.717, 1.165) is 16.9 Å². The predicted octanol–water partition coefficient (Wildman–Crippen LogP) is 1.44. The van der Waals surface area contributed by atoms with E-state index in [4.69, 9.17) is 16.2 Å². The number of nitrogens with zero attached hydrogens (tertiary/aromatic N) is 5. The van der Waals surface area contributed by atoms with E-state index in [1.807, 2.05) is 24.3 Å². The lowest BCUT2D eigenvalue weighted by atomic mass is 10.2. The summed E-state index contributed by atoms with van der Waals surface area (Å²) in [6, 6.07) is 7.74. The smallest absolute Gasteiger partial charge is 0.224 e. The molecule has 1 aromatic carbocycles. The normalized spacial score (nSPS) is 11.1. The molecule has 126 valence electrons. The van der Waals surface area contributed by atoms with Crippen molar-refractivity contribution in [3.05, 3.63) is 42.2 Å². The molecule has 0 aliphatic carbocycles. The molecule has 0 aliphatic rings. The van der Waals surface area contributed by atoms with Gasteiger partial charge in [-0.05, 0) is 17.7 Å². The van der Waals surface area contributed by atoms with Crippen LogP contribution in [0.3, 0.4) is 0 Å². The molecule has 0 aliphatic heterocycles. The number of aromatic nitrogens is 6. The van der Waals surface area contributed by atoms with Gasteiger partial charge in [-0.2, -0.15) is 20.2 Å². The molecule has 9 heteroatoms. The second kappa shape index (κ2) is 5.78. The third-order valence-electron chi connectivity index (χ3n) is 3.90. The number of nitrogen functional groups attached to an aromatic ring is 2. The van der Waals surface area contributed by atoms with Crippen molar-refractivity contribution in [3.63, 3.8) is 0 Å². The summed E-state index contributed by atoms with van der Waals surface area (Å²) in [5, 5.41) is 12.1. The standard InChI is InChI=1S/C16H16N8O/c1-25-11-4-2-9(3-5-11)8-24-15-12(14(17)21-16(18)22-15)13(23-24)10-6-19-20-7-10/h2-7H,8H2,1H3,(H,19,20)(H4,17,18,21,22). The highest BCUT2D eigenvalue weighted by Crippen LogP contribution is 2.30. The van der Waals surface area contributed by atoms with Crippen LogP contribution in [0.2, 0.25) is 0 Å². The Morgan fingerprint density at radius 1 is 1.16 bits per heavy atom. The van der Waals surface area contributed by atoms with Gasteiger partial charge in [-0.1, -0.05) is 12.1 Å². The third kappa shape index (κ3) is 2.61. The van der Waals surface area contributed by atoms with E-state index < -0.39 is 0 Å². The summed E-state index contributed by atoms with van der Waals surface area (Å²) in [5.74, 6) is 1.20. The largest absolute Gasteiger partial charge is 0.497 e. The Labute approximate surface area is 142 Å². The zero-order valence-corrected chi connectivity index (χ0v) is 13.5. The third-order valence-corrected chi connectivity index (χ3v) is 3.90. The van der Waals surface area contributed by atoms with Crippen LogP contribution in [0.5, 0.6) is 5.75 Å². The number of rotatable bonds is 4. The maximum Gasteiger partial charge on any atom is 0.224 e. The van der Waals surface area contributed by atoms with Crippen LogP contribution in [0, 0.1) is 0 Å². The minimum absolute atomic E-state index is 0.111. The number of aromatic amines is 1. The Morgan fingerprint density at radius 2 is 1.96 bits per heavy atom. The number of nitrogens with two attached hydrogens (primary N) is 2. The van der Waals surface area contributed by atoms with Gasteiger partial charge >= 0.3 is 0 Å². The number of anilines is 2. The first-order valence-corrected chi connectivity index (χ1v) is 7.57. The average Bonchev–Trinajstić information content (AvgIpc) is 3.24. The van der Waals surface area contributed by atoms with E-state index in [1.54, 1.807) is 24.2 Å². The first-order valence-electron chi connectivity index (χ1n) is 7.57. The first kappa shape index (κ1) is 14.9. The van der Waals surface area contributed by atoms with Gasteiger partial charge in [0.05, 0.1) is 25.2 Å². The molecule has 3 aromatic heterocycles. The first-order chi connectivity index (χ1) is 12.2. The van der Waals surface area contributed by atoms with Crippen molar-refractivity contribution in [2.24, 2.45) is 0 Å². The molecule has 0 bridgehead atoms. The molecular formula is C16H16N8O. The van der Waals surface area contributed by atoms with E-state index in [1.165, 1.54) is 0 Å². The average molecular weight is 336 g/mol. The van der Waals surface area contributed by atoms with Crippen molar-refractivity contribution in [3.8, 4) is 17.0 Å². The number of benzene rings is 1. The molecule has 0 spiro atoms. The molecule has 4 rings (SSSR count). The Morgan fingerprint density at radius 3 is 2.64 bits per heavy atom. The Balaban J connectivity index is 1.85. The molecule has 0 radical (unpaired) electrons. The van der Waals surface area contributed by atoms with Crippen molar-refractivity contribution >= 4 is 22.8 Å². The van der Waals surface area contributed by atoms with Crippen molar-refractivity contribution in [1.29, 1.82) is 0 Å². The van der Waals surface area contributed by atoms with Crippen LogP contribution in [0.1, 0.15) is 5.56 Å². The van der Waals surface area contributed by atoms with E-state index in [2.05, 4.69) is 25.3 Å². The molecule has 0 saturated heterocycles. The highest BCUT2D eigenvalue weighted by Gasteiger charge is 2.19. The number of nitrogens with one attached hydrogen (secondary N) is 1. The Kier molecular flexibility index (Phi) is 3.46. The van der Waals surface area contributed by atoms with E-state index in [-0.39, 0.29) is 5.95 Å². The molecule has 0 fully saturated rings. The second-order valence-corrected chi connectivity index (χ2v) is 5.51. The van der Waals surface area contributed by atoms with Gasteiger partial charge in [0.2, 0.25) is 5.95 Å². The SMILES string of the molecule is COc1ccc(Cn2nc(-c3cn[nH]c3)c3c(N)nc(N)nc32)cc1. The highest BCUT2D eigenvalue weighted by molar-refractivity contribution is 5.98. The molecule has 0 saturated carbocycles. The number of hydrogen-bond acceptors (Lipinski definition) is 7. The second-order valence-electron chi connectivity index (χ2n) is 5.51. The zero-order chi connectivity index (χ0) is 17.4. The number of methoxy groups -OCH3 is 1. The van der Waals surface area contributed by atoms with Crippen molar-refractivity contribution in [2.45, 2.75) is 6.54 Å². The van der Waals surface area contributed by atoms with Crippen LogP contribution < -0.4 is 16.2 Å². The number of hydrogen-bond donors (Lipinski definition) is 3. The quantitative estimate of drug-likeness (QED) is 0.513. The fourth-order valence-electron chi connectivity index (χ4n) is 2.71. The Bertz CT molecular complexity index is 1020. The molecular weight excluding hydrogens is 320 g/mol.